The molecule has 0 atom stereocenters. The standard InChI is InChI=1S/C13H13N3O2/c14-16-15-7-2-1-4-11-5-3-6-12(10-11)13-17-8-9-18-13/h3,5-6,10,13H,2,7-9H2. The molecule has 0 aromatic heterocycles. The van der Waals surface area contributed by atoms with E-state index >= 15 is 0 Å². The summed E-state index contributed by atoms with van der Waals surface area (Å²) < 4.78 is 10.9. The molecule has 1 fully saturated rings. The first kappa shape index (κ1) is 12.5. The lowest BCUT2D eigenvalue weighted by atomic mass is 10.1. The Morgan fingerprint density at radius 1 is 1.39 bits per heavy atom. The van der Waals surface area contributed by atoms with E-state index < -0.39 is 0 Å². The van der Waals surface area contributed by atoms with Crippen LogP contribution in [0.5, 0.6) is 0 Å². The molecule has 92 valence electrons. The van der Waals surface area contributed by atoms with Crippen molar-refractivity contribution < 1.29 is 9.47 Å². The van der Waals surface area contributed by atoms with Gasteiger partial charge in [-0.05, 0) is 17.7 Å². The average Bonchev–Trinajstić information content (AvgIpc) is 2.93. The molecule has 1 aliphatic heterocycles. The first-order valence-electron chi connectivity index (χ1n) is 5.73. The lowest BCUT2D eigenvalue weighted by Gasteiger charge is -2.08. The SMILES string of the molecule is [N-]=[N+]=NCCC#Cc1cccc(C2OCCO2)c1. The Labute approximate surface area is 105 Å². The van der Waals surface area contributed by atoms with Gasteiger partial charge in [0.25, 0.3) is 0 Å². The number of nitrogens with zero attached hydrogens (tertiary/aromatic N) is 3. The summed E-state index contributed by atoms with van der Waals surface area (Å²) in [6, 6.07) is 7.77. The summed E-state index contributed by atoms with van der Waals surface area (Å²) in [4.78, 5) is 2.67. The zero-order chi connectivity index (χ0) is 12.6. The van der Waals surface area contributed by atoms with Gasteiger partial charge >= 0.3 is 0 Å². The zero-order valence-electron chi connectivity index (χ0n) is 9.87. The van der Waals surface area contributed by atoms with Gasteiger partial charge in [-0.1, -0.05) is 29.1 Å². The number of benzene rings is 1. The fraction of sp³-hybridized carbons (Fsp3) is 0.385. The molecular formula is C13H13N3O2. The van der Waals surface area contributed by atoms with E-state index in [1.54, 1.807) is 0 Å². The summed E-state index contributed by atoms with van der Waals surface area (Å²) in [5.41, 5.74) is 10.0. The van der Waals surface area contributed by atoms with Crippen molar-refractivity contribution in [3.8, 4) is 11.8 Å². The Kier molecular flexibility index (Phi) is 4.62. The number of azide groups is 1. The van der Waals surface area contributed by atoms with Crippen LogP contribution in [0.15, 0.2) is 29.4 Å². The molecule has 5 heteroatoms. The van der Waals surface area contributed by atoms with Crippen LogP contribution in [-0.4, -0.2) is 19.8 Å². The lowest BCUT2D eigenvalue weighted by Crippen LogP contribution is -1.97. The largest absolute Gasteiger partial charge is 0.346 e. The Morgan fingerprint density at radius 3 is 3.00 bits per heavy atom. The summed E-state index contributed by atoms with van der Waals surface area (Å²) in [7, 11) is 0. The van der Waals surface area contributed by atoms with Crippen molar-refractivity contribution in [2.24, 2.45) is 5.11 Å². The molecule has 0 N–H and O–H groups in total. The van der Waals surface area contributed by atoms with Crippen LogP contribution in [0.2, 0.25) is 0 Å². The maximum Gasteiger partial charge on any atom is 0.184 e. The molecule has 1 aromatic carbocycles. The summed E-state index contributed by atoms with van der Waals surface area (Å²) >= 11 is 0. The topological polar surface area (TPSA) is 67.2 Å². The maximum absolute atomic E-state index is 8.12. The normalized spacial score (nSPS) is 14.7. The van der Waals surface area contributed by atoms with Crippen molar-refractivity contribution in [2.75, 3.05) is 19.8 Å². The minimum Gasteiger partial charge on any atom is -0.346 e. The fourth-order valence-electron chi connectivity index (χ4n) is 1.63. The van der Waals surface area contributed by atoms with Gasteiger partial charge in [-0.3, -0.25) is 0 Å². The van der Waals surface area contributed by atoms with Crippen LogP contribution < -0.4 is 0 Å². The van der Waals surface area contributed by atoms with Crippen molar-refractivity contribution in [1.82, 2.24) is 0 Å². The molecule has 5 nitrogen and oxygen atoms in total. The highest BCUT2D eigenvalue weighted by atomic mass is 16.7. The van der Waals surface area contributed by atoms with Crippen LogP contribution in [0.3, 0.4) is 0 Å². The molecular weight excluding hydrogens is 230 g/mol. The molecule has 18 heavy (non-hydrogen) atoms. The Bertz CT molecular complexity index is 506. The van der Waals surface area contributed by atoms with Crippen molar-refractivity contribution in [3.63, 3.8) is 0 Å². The van der Waals surface area contributed by atoms with E-state index in [0.29, 0.717) is 26.2 Å². The number of hydrogen-bond acceptors (Lipinski definition) is 3. The molecule has 1 aliphatic rings. The first-order chi connectivity index (χ1) is 8.90. The highest BCUT2D eigenvalue weighted by Crippen LogP contribution is 2.23. The highest BCUT2D eigenvalue weighted by molar-refractivity contribution is 5.37. The van der Waals surface area contributed by atoms with Gasteiger partial charge in [-0.25, -0.2) is 0 Å². The molecule has 0 radical (unpaired) electrons. The Morgan fingerprint density at radius 2 is 2.22 bits per heavy atom. The van der Waals surface area contributed by atoms with E-state index in [0.717, 1.165) is 11.1 Å². The van der Waals surface area contributed by atoms with E-state index in [-0.39, 0.29) is 6.29 Å². The first-order valence-corrected chi connectivity index (χ1v) is 5.73. The smallest absolute Gasteiger partial charge is 0.184 e. The van der Waals surface area contributed by atoms with E-state index in [9.17, 15) is 0 Å². The third-order valence-corrected chi connectivity index (χ3v) is 2.41. The average molecular weight is 243 g/mol. The lowest BCUT2D eigenvalue weighted by molar-refractivity contribution is -0.0441. The second-order valence-corrected chi connectivity index (χ2v) is 3.71. The quantitative estimate of drug-likeness (QED) is 0.269. The summed E-state index contributed by atoms with van der Waals surface area (Å²) in [6.45, 7) is 1.66. The number of ether oxygens (including phenoxy) is 2. The highest BCUT2D eigenvalue weighted by Gasteiger charge is 2.17. The zero-order valence-corrected chi connectivity index (χ0v) is 9.87. The number of rotatable bonds is 3. The van der Waals surface area contributed by atoms with E-state index in [1.165, 1.54) is 0 Å². The van der Waals surface area contributed by atoms with Gasteiger partial charge in [0.2, 0.25) is 0 Å². The van der Waals surface area contributed by atoms with E-state index in [2.05, 4.69) is 21.9 Å². The van der Waals surface area contributed by atoms with Gasteiger partial charge in [0, 0.05) is 29.0 Å². The van der Waals surface area contributed by atoms with Gasteiger partial charge < -0.3 is 9.47 Å². The van der Waals surface area contributed by atoms with Crippen molar-refractivity contribution >= 4 is 0 Å². The molecule has 2 rings (SSSR count). The third kappa shape index (κ3) is 3.51. The molecule has 0 spiro atoms. The van der Waals surface area contributed by atoms with Crippen LogP contribution in [0.4, 0.5) is 0 Å². The minimum absolute atomic E-state index is 0.269. The molecule has 0 aliphatic carbocycles. The van der Waals surface area contributed by atoms with Gasteiger partial charge in [-0.2, -0.15) is 0 Å². The summed E-state index contributed by atoms with van der Waals surface area (Å²) in [6.07, 6.45) is 0.292. The fourth-order valence-corrected chi connectivity index (χ4v) is 1.63. The van der Waals surface area contributed by atoms with Crippen LogP contribution in [0.1, 0.15) is 23.8 Å². The van der Waals surface area contributed by atoms with E-state index in [1.807, 2.05) is 24.3 Å². The summed E-state index contributed by atoms with van der Waals surface area (Å²) in [5.74, 6) is 5.98. The molecule has 0 saturated carbocycles. The second-order valence-electron chi connectivity index (χ2n) is 3.71. The Balaban J connectivity index is 2.00. The summed E-state index contributed by atoms with van der Waals surface area (Å²) in [5, 5.41) is 3.42. The van der Waals surface area contributed by atoms with Gasteiger partial charge in [-0.15, -0.1) is 0 Å². The third-order valence-electron chi connectivity index (χ3n) is 2.41. The van der Waals surface area contributed by atoms with E-state index in [4.69, 9.17) is 15.0 Å². The van der Waals surface area contributed by atoms with Gasteiger partial charge in [0.05, 0.1) is 13.2 Å². The minimum atomic E-state index is -0.269. The van der Waals surface area contributed by atoms with Crippen molar-refractivity contribution in [3.05, 3.63) is 45.8 Å². The monoisotopic (exact) mass is 243 g/mol. The molecule has 1 aromatic rings. The molecule has 0 amide bonds. The van der Waals surface area contributed by atoms with Crippen LogP contribution >= 0.6 is 0 Å². The van der Waals surface area contributed by atoms with Gasteiger partial charge in [0.1, 0.15) is 0 Å². The van der Waals surface area contributed by atoms with Crippen molar-refractivity contribution in [2.45, 2.75) is 12.7 Å². The molecule has 0 bridgehead atoms. The Hall–Kier alpha value is -1.99. The van der Waals surface area contributed by atoms with Crippen LogP contribution in [0, 0.1) is 11.8 Å². The van der Waals surface area contributed by atoms with Gasteiger partial charge in [0.15, 0.2) is 6.29 Å². The molecule has 1 heterocycles. The van der Waals surface area contributed by atoms with Crippen LogP contribution in [-0.2, 0) is 9.47 Å². The second kappa shape index (κ2) is 6.67. The van der Waals surface area contributed by atoms with Crippen LogP contribution in [0.25, 0.3) is 10.4 Å². The number of hydrogen-bond donors (Lipinski definition) is 0. The molecule has 0 unspecified atom stereocenters. The predicted molar refractivity (Wildman–Crippen MR) is 66.6 cm³/mol. The molecule has 1 saturated heterocycles. The maximum atomic E-state index is 8.12. The predicted octanol–water partition coefficient (Wildman–Crippen LogP) is 2.78. The van der Waals surface area contributed by atoms with Crippen molar-refractivity contribution in [1.29, 1.82) is 0 Å².